The number of likely N-dealkylation sites (tertiary alicyclic amines) is 1. The number of fused-ring (bicyclic) bond motifs is 1. The lowest BCUT2D eigenvalue weighted by Crippen LogP contribution is -2.28. The molecule has 2 unspecified atom stereocenters. The number of benzene rings is 1. The monoisotopic (exact) mass is 284 g/mol. The number of hydrogen-bond donors (Lipinski definition) is 1. The maximum atomic E-state index is 6.05. The van der Waals surface area contributed by atoms with Gasteiger partial charge in [0.1, 0.15) is 13.2 Å². The van der Waals surface area contributed by atoms with E-state index in [1.165, 1.54) is 5.56 Å². The van der Waals surface area contributed by atoms with E-state index in [4.69, 9.17) is 15.2 Å². The molecule has 1 aromatic carbocycles. The zero-order chi connectivity index (χ0) is 12.5. The summed E-state index contributed by atoms with van der Waals surface area (Å²) in [6.07, 6.45) is 0. The van der Waals surface area contributed by atoms with Crippen molar-refractivity contribution in [1.82, 2.24) is 4.90 Å². The summed E-state index contributed by atoms with van der Waals surface area (Å²) in [4.78, 5) is 2.40. The highest BCUT2D eigenvalue weighted by atomic mass is 35.5. The summed E-state index contributed by atoms with van der Waals surface area (Å²) in [6, 6.07) is 6.51. The largest absolute Gasteiger partial charge is 0.486 e. The van der Waals surface area contributed by atoms with Gasteiger partial charge in [-0.2, -0.15) is 0 Å². The molecule has 19 heavy (non-hydrogen) atoms. The Morgan fingerprint density at radius 1 is 1.21 bits per heavy atom. The van der Waals surface area contributed by atoms with Crippen molar-refractivity contribution in [2.45, 2.75) is 19.5 Å². The van der Waals surface area contributed by atoms with Gasteiger partial charge in [-0.25, -0.2) is 0 Å². The van der Waals surface area contributed by atoms with Crippen LogP contribution in [0.2, 0.25) is 0 Å². The molecule has 0 aliphatic carbocycles. The third-order valence-corrected chi connectivity index (χ3v) is 3.76. The van der Waals surface area contributed by atoms with Crippen molar-refractivity contribution in [3.63, 3.8) is 0 Å². The van der Waals surface area contributed by atoms with Crippen LogP contribution in [0.25, 0.3) is 0 Å². The van der Waals surface area contributed by atoms with Crippen LogP contribution in [-0.2, 0) is 6.54 Å². The molecule has 2 atom stereocenters. The lowest BCUT2D eigenvalue weighted by molar-refractivity contribution is 0.171. The Morgan fingerprint density at radius 2 is 1.95 bits per heavy atom. The van der Waals surface area contributed by atoms with Crippen molar-refractivity contribution in [3.05, 3.63) is 23.8 Å². The van der Waals surface area contributed by atoms with Gasteiger partial charge in [-0.3, -0.25) is 4.90 Å². The van der Waals surface area contributed by atoms with E-state index in [2.05, 4.69) is 24.0 Å². The molecule has 2 aliphatic heterocycles. The molecular formula is C14H21ClN2O2. The number of hydrogen-bond acceptors (Lipinski definition) is 4. The summed E-state index contributed by atoms with van der Waals surface area (Å²) in [6.45, 7) is 6.50. The molecule has 4 nitrogen and oxygen atoms in total. The molecule has 2 heterocycles. The molecule has 3 rings (SSSR count). The molecule has 1 saturated heterocycles. The average molecular weight is 285 g/mol. The average Bonchev–Trinajstić information content (AvgIpc) is 2.68. The van der Waals surface area contributed by atoms with Crippen LogP contribution >= 0.6 is 12.4 Å². The number of ether oxygens (including phenoxy) is 2. The van der Waals surface area contributed by atoms with Gasteiger partial charge >= 0.3 is 0 Å². The Morgan fingerprint density at radius 3 is 2.63 bits per heavy atom. The van der Waals surface area contributed by atoms with Gasteiger partial charge in [0.25, 0.3) is 0 Å². The van der Waals surface area contributed by atoms with Gasteiger partial charge < -0.3 is 15.2 Å². The van der Waals surface area contributed by atoms with Gasteiger partial charge in [0.2, 0.25) is 0 Å². The third kappa shape index (κ3) is 3.14. The highest BCUT2D eigenvalue weighted by Crippen LogP contribution is 2.31. The molecule has 0 aromatic heterocycles. The van der Waals surface area contributed by atoms with Gasteiger partial charge in [-0.05, 0) is 23.6 Å². The molecule has 0 saturated carbocycles. The van der Waals surface area contributed by atoms with Crippen LogP contribution in [0.5, 0.6) is 11.5 Å². The first-order chi connectivity index (χ1) is 8.72. The van der Waals surface area contributed by atoms with E-state index >= 15 is 0 Å². The first-order valence-corrected chi connectivity index (χ1v) is 6.59. The SMILES string of the molecule is CC1CN(Cc2ccc3c(c2)OCCO3)CC1N.Cl. The summed E-state index contributed by atoms with van der Waals surface area (Å²) in [7, 11) is 0. The zero-order valence-electron chi connectivity index (χ0n) is 11.2. The third-order valence-electron chi connectivity index (χ3n) is 3.76. The molecular weight excluding hydrogens is 264 g/mol. The number of halogens is 1. The van der Waals surface area contributed by atoms with E-state index in [9.17, 15) is 0 Å². The molecule has 5 heteroatoms. The van der Waals surface area contributed by atoms with Crippen molar-refractivity contribution in [3.8, 4) is 11.5 Å². The lowest BCUT2D eigenvalue weighted by atomic mass is 10.1. The summed E-state index contributed by atoms with van der Waals surface area (Å²) < 4.78 is 11.1. The van der Waals surface area contributed by atoms with Gasteiger partial charge in [-0.1, -0.05) is 13.0 Å². The van der Waals surface area contributed by atoms with Crippen LogP contribution in [0, 0.1) is 5.92 Å². The molecule has 2 N–H and O–H groups in total. The second-order valence-corrected chi connectivity index (χ2v) is 5.31. The first-order valence-electron chi connectivity index (χ1n) is 6.59. The molecule has 0 amide bonds. The van der Waals surface area contributed by atoms with E-state index < -0.39 is 0 Å². The van der Waals surface area contributed by atoms with Crippen molar-refractivity contribution in [1.29, 1.82) is 0 Å². The number of nitrogens with zero attached hydrogens (tertiary/aromatic N) is 1. The topological polar surface area (TPSA) is 47.7 Å². The summed E-state index contributed by atoms with van der Waals surface area (Å²) in [5, 5.41) is 0. The minimum Gasteiger partial charge on any atom is -0.486 e. The maximum Gasteiger partial charge on any atom is 0.161 e. The van der Waals surface area contributed by atoms with Crippen molar-refractivity contribution in [2.24, 2.45) is 11.7 Å². The Hall–Kier alpha value is -0.970. The Balaban J connectivity index is 0.00000133. The predicted octanol–water partition coefficient (Wildman–Crippen LogP) is 1.66. The number of nitrogens with two attached hydrogens (primary N) is 1. The van der Waals surface area contributed by atoms with Gasteiger partial charge in [-0.15, -0.1) is 12.4 Å². The zero-order valence-corrected chi connectivity index (χ0v) is 12.0. The normalized spacial score (nSPS) is 26.0. The standard InChI is InChI=1S/C14H20N2O2.ClH/c1-10-7-16(9-12(10)15)8-11-2-3-13-14(6-11)18-5-4-17-13;/h2-3,6,10,12H,4-5,7-9,15H2,1H3;1H. The molecule has 0 bridgehead atoms. The van der Waals surface area contributed by atoms with E-state index in [1.807, 2.05) is 6.07 Å². The predicted molar refractivity (Wildman–Crippen MR) is 77.1 cm³/mol. The van der Waals surface area contributed by atoms with Crippen molar-refractivity contribution < 1.29 is 9.47 Å². The van der Waals surface area contributed by atoms with E-state index in [-0.39, 0.29) is 12.4 Å². The molecule has 0 radical (unpaired) electrons. The van der Waals surface area contributed by atoms with E-state index in [0.717, 1.165) is 31.1 Å². The fraction of sp³-hybridized carbons (Fsp3) is 0.571. The summed E-state index contributed by atoms with van der Waals surface area (Å²) >= 11 is 0. The van der Waals surface area contributed by atoms with Crippen LogP contribution in [0.15, 0.2) is 18.2 Å². The summed E-state index contributed by atoms with van der Waals surface area (Å²) in [5.74, 6) is 2.31. The second kappa shape index (κ2) is 5.99. The first kappa shape index (κ1) is 14.4. The molecule has 2 aliphatic rings. The lowest BCUT2D eigenvalue weighted by Gasteiger charge is -2.20. The van der Waals surface area contributed by atoms with Crippen molar-refractivity contribution >= 4 is 12.4 Å². The highest BCUT2D eigenvalue weighted by Gasteiger charge is 2.26. The number of rotatable bonds is 2. The fourth-order valence-electron chi connectivity index (χ4n) is 2.67. The van der Waals surface area contributed by atoms with E-state index in [1.54, 1.807) is 0 Å². The quantitative estimate of drug-likeness (QED) is 0.897. The minimum atomic E-state index is 0. The molecule has 0 spiro atoms. The fourth-order valence-corrected chi connectivity index (χ4v) is 2.67. The Bertz CT molecular complexity index is 431. The van der Waals surface area contributed by atoms with E-state index in [0.29, 0.717) is 25.2 Å². The smallest absolute Gasteiger partial charge is 0.161 e. The van der Waals surface area contributed by atoms with Crippen LogP contribution in [0.4, 0.5) is 0 Å². The highest BCUT2D eigenvalue weighted by molar-refractivity contribution is 5.85. The van der Waals surface area contributed by atoms with Crippen molar-refractivity contribution in [2.75, 3.05) is 26.3 Å². The maximum absolute atomic E-state index is 6.05. The van der Waals surface area contributed by atoms with Gasteiger partial charge in [0, 0.05) is 25.7 Å². The van der Waals surface area contributed by atoms with Crippen LogP contribution in [0.3, 0.4) is 0 Å². The second-order valence-electron chi connectivity index (χ2n) is 5.31. The van der Waals surface area contributed by atoms with Crippen LogP contribution < -0.4 is 15.2 Å². The molecule has 106 valence electrons. The Kier molecular flexibility index (Phi) is 4.55. The van der Waals surface area contributed by atoms with Crippen LogP contribution in [0.1, 0.15) is 12.5 Å². The summed E-state index contributed by atoms with van der Waals surface area (Å²) in [5.41, 5.74) is 7.31. The van der Waals surface area contributed by atoms with Gasteiger partial charge in [0.15, 0.2) is 11.5 Å². The Labute approximate surface area is 120 Å². The van der Waals surface area contributed by atoms with Gasteiger partial charge in [0.05, 0.1) is 0 Å². The van der Waals surface area contributed by atoms with Crippen LogP contribution in [-0.4, -0.2) is 37.2 Å². The molecule has 1 fully saturated rings. The molecule has 1 aromatic rings. The minimum absolute atomic E-state index is 0.